The zero-order valence-electron chi connectivity index (χ0n) is 14.1. The maximum Gasteiger partial charge on any atom is 0.241 e. The number of likely N-dealkylation sites (N-methyl/N-ethyl adjacent to an activating group) is 1. The molecule has 1 spiro atoms. The summed E-state index contributed by atoms with van der Waals surface area (Å²) in [6.45, 7) is 5.53. The summed E-state index contributed by atoms with van der Waals surface area (Å²) in [5.74, 6) is 0.438. The van der Waals surface area contributed by atoms with E-state index in [0.717, 1.165) is 31.6 Å². The van der Waals surface area contributed by atoms with Crippen LogP contribution in [0.1, 0.15) is 18.9 Å². The highest BCUT2D eigenvalue weighted by Crippen LogP contribution is 2.45. The van der Waals surface area contributed by atoms with Gasteiger partial charge in [0, 0.05) is 45.8 Å². The van der Waals surface area contributed by atoms with Crippen LogP contribution in [0.5, 0.6) is 0 Å². The van der Waals surface area contributed by atoms with Crippen molar-refractivity contribution in [2.75, 3.05) is 40.3 Å². The van der Waals surface area contributed by atoms with Crippen molar-refractivity contribution in [2.45, 2.75) is 19.9 Å². The van der Waals surface area contributed by atoms with E-state index < -0.39 is 0 Å². The van der Waals surface area contributed by atoms with Crippen molar-refractivity contribution in [1.82, 2.24) is 14.7 Å². The normalized spacial score (nSPS) is 28.0. The fraction of sp³-hybridized carbons (Fsp3) is 0.647. The van der Waals surface area contributed by atoms with Gasteiger partial charge in [-0.2, -0.15) is 0 Å². The number of furan rings is 1. The highest BCUT2D eigenvalue weighted by molar-refractivity contribution is 5.90. The number of carbonyl (C=O) groups is 2. The lowest BCUT2D eigenvalue weighted by atomic mass is 9.78. The van der Waals surface area contributed by atoms with Crippen LogP contribution in [-0.2, 0) is 16.1 Å². The molecule has 2 saturated heterocycles. The monoisotopic (exact) mass is 319 g/mol. The van der Waals surface area contributed by atoms with Crippen LogP contribution in [0.25, 0.3) is 0 Å². The van der Waals surface area contributed by atoms with Crippen LogP contribution >= 0.6 is 0 Å². The van der Waals surface area contributed by atoms with Crippen LogP contribution in [0.15, 0.2) is 23.0 Å². The third-order valence-electron chi connectivity index (χ3n) is 5.33. The van der Waals surface area contributed by atoms with Gasteiger partial charge in [-0.1, -0.05) is 6.92 Å². The molecule has 126 valence electrons. The number of amides is 2. The number of likely N-dealkylation sites (tertiary alicyclic amines) is 2. The second-order valence-electron chi connectivity index (χ2n) is 7.12. The van der Waals surface area contributed by atoms with Crippen molar-refractivity contribution < 1.29 is 14.0 Å². The summed E-state index contributed by atoms with van der Waals surface area (Å²) in [4.78, 5) is 30.5. The first-order valence-corrected chi connectivity index (χ1v) is 8.15. The van der Waals surface area contributed by atoms with E-state index in [1.165, 1.54) is 0 Å². The SMILES string of the molecule is C[C@@H]1CN(Cc2ccoc2)C[C@]12CCN(CC(=O)N(C)C)C2=O. The van der Waals surface area contributed by atoms with E-state index in [2.05, 4.69) is 11.8 Å². The Bertz CT molecular complexity index is 584. The predicted molar refractivity (Wildman–Crippen MR) is 85.5 cm³/mol. The Kier molecular flexibility index (Phi) is 4.19. The van der Waals surface area contributed by atoms with Crippen molar-refractivity contribution in [3.8, 4) is 0 Å². The molecule has 0 radical (unpaired) electrons. The first-order valence-electron chi connectivity index (χ1n) is 8.15. The molecule has 1 aromatic heterocycles. The van der Waals surface area contributed by atoms with Crippen molar-refractivity contribution in [1.29, 1.82) is 0 Å². The summed E-state index contributed by atoms with van der Waals surface area (Å²) in [6.07, 6.45) is 4.28. The highest BCUT2D eigenvalue weighted by atomic mass is 16.3. The molecule has 2 atom stereocenters. The summed E-state index contributed by atoms with van der Waals surface area (Å²) >= 11 is 0. The van der Waals surface area contributed by atoms with Gasteiger partial charge in [0.25, 0.3) is 0 Å². The molecule has 2 fully saturated rings. The lowest BCUT2D eigenvalue weighted by Gasteiger charge is -2.27. The van der Waals surface area contributed by atoms with E-state index in [0.29, 0.717) is 12.5 Å². The standard InChI is InChI=1S/C17H25N3O3/c1-13-8-19(9-14-4-7-23-11-14)12-17(13)5-6-20(16(17)22)10-15(21)18(2)3/h4,7,11,13H,5-6,8-10,12H2,1-3H3/t13-,17-/m1/s1. The first kappa shape index (κ1) is 16.1. The van der Waals surface area contributed by atoms with Gasteiger partial charge in [0.05, 0.1) is 24.5 Å². The van der Waals surface area contributed by atoms with Gasteiger partial charge in [-0.15, -0.1) is 0 Å². The molecule has 0 aliphatic carbocycles. The number of hydrogen-bond acceptors (Lipinski definition) is 4. The van der Waals surface area contributed by atoms with Gasteiger partial charge in [-0.3, -0.25) is 14.5 Å². The van der Waals surface area contributed by atoms with Gasteiger partial charge < -0.3 is 14.2 Å². The summed E-state index contributed by atoms with van der Waals surface area (Å²) < 4.78 is 5.13. The number of hydrogen-bond donors (Lipinski definition) is 0. The van der Waals surface area contributed by atoms with Gasteiger partial charge in [0.2, 0.25) is 11.8 Å². The fourth-order valence-electron chi connectivity index (χ4n) is 3.86. The van der Waals surface area contributed by atoms with E-state index in [-0.39, 0.29) is 23.8 Å². The molecule has 0 aromatic carbocycles. The molecule has 0 unspecified atom stereocenters. The average molecular weight is 319 g/mol. The van der Waals surface area contributed by atoms with Gasteiger partial charge in [0.1, 0.15) is 0 Å². The number of rotatable bonds is 4. The van der Waals surface area contributed by atoms with E-state index in [1.807, 2.05) is 6.07 Å². The van der Waals surface area contributed by atoms with Crippen LogP contribution in [0.3, 0.4) is 0 Å². The highest BCUT2D eigenvalue weighted by Gasteiger charge is 2.55. The molecule has 0 saturated carbocycles. The van der Waals surface area contributed by atoms with E-state index in [4.69, 9.17) is 4.42 Å². The van der Waals surface area contributed by atoms with Crippen LogP contribution in [0, 0.1) is 11.3 Å². The molecular weight excluding hydrogens is 294 g/mol. The topological polar surface area (TPSA) is 57.0 Å². The van der Waals surface area contributed by atoms with Crippen molar-refractivity contribution in [3.05, 3.63) is 24.2 Å². The molecule has 0 N–H and O–H groups in total. The second kappa shape index (κ2) is 6.00. The van der Waals surface area contributed by atoms with Crippen molar-refractivity contribution in [2.24, 2.45) is 11.3 Å². The number of nitrogens with zero attached hydrogens (tertiary/aromatic N) is 3. The molecular formula is C17H25N3O3. The Morgan fingerprint density at radius 2 is 2.26 bits per heavy atom. The quantitative estimate of drug-likeness (QED) is 0.832. The molecule has 2 aliphatic rings. The largest absolute Gasteiger partial charge is 0.472 e. The Balaban J connectivity index is 1.67. The zero-order chi connectivity index (χ0) is 16.6. The molecule has 1 aromatic rings. The smallest absolute Gasteiger partial charge is 0.241 e. The number of carbonyl (C=O) groups excluding carboxylic acids is 2. The van der Waals surface area contributed by atoms with Gasteiger partial charge in [-0.25, -0.2) is 0 Å². The van der Waals surface area contributed by atoms with Crippen LogP contribution in [0.4, 0.5) is 0 Å². The Labute approximate surface area is 137 Å². The van der Waals surface area contributed by atoms with Crippen LogP contribution in [-0.4, -0.2) is 66.8 Å². The third kappa shape index (κ3) is 2.87. The van der Waals surface area contributed by atoms with Gasteiger partial charge in [-0.05, 0) is 18.4 Å². The van der Waals surface area contributed by atoms with E-state index in [1.54, 1.807) is 36.4 Å². The summed E-state index contributed by atoms with van der Waals surface area (Å²) in [5.41, 5.74) is 0.815. The molecule has 2 aliphatic heterocycles. The Morgan fingerprint density at radius 3 is 2.91 bits per heavy atom. The molecule has 2 amide bonds. The lowest BCUT2D eigenvalue weighted by molar-refractivity contribution is -0.142. The average Bonchev–Trinajstić information content (AvgIpc) is 3.18. The van der Waals surface area contributed by atoms with E-state index in [9.17, 15) is 9.59 Å². The Hall–Kier alpha value is -1.82. The van der Waals surface area contributed by atoms with E-state index >= 15 is 0 Å². The zero-order valence-corrected chi connectivity index (χ0v) is 14.1. The van der Waals surface area contributed by atoms with Crippen molar-refractivity contribution in [3.63, 3.8) is 0 Å². The minimum atomic E-state index is -0.323. The summed E-state index contributed by atoms with van der Waals surface area (Å²) in [7, 11) is 3.45. The third-order valence-corrected chi connectivity index (χ3v) is 5.33. The molecule has 3 rings (SSSR count). The minimum absolute atomic E-state index is 0.0173. The summed E-state index contributed by atoms with van der Waals surface area (Å²) in [5, 5.41) is 0. The van der Waals surface area contributed by atoms with Gasteiger partial charge >= 0.3 is 0 Å². The maximum atomic E-state index is 13.0. The Morgan fingerprint density at radius 1 is 1.48 bits per heavy atom. The van der Waals surface area contributed by atoms with Crippen LogP contribution in [0.2, 0.25) is 0 Å². The molecule has 3 heterocycles. The van der Waals surface area contributed by atoms with Crippen LogP contribution < -0.4 is 0 Å². The lowest BCUT2D eigenvalue weighted by Crippen LogP contribution is -2.43. The predicted octanol–water partition coefficient (Wildman–Crippen LogP) is 1.04. The fourth-order valence-corrected chi connectivity index (χ4v) is 3.86. The maximum absolute atomic E-state index is 13.0. The van der Waals surface area contributed by atoms with Crippen molar-refractivity contribution >= 4 is 11.8 Å². The minimum Gasteiger partial charge on any atom is -0.472 e. The molecule has 23 heavy (non-hydrogen) atoms. The first-order chi connectivity index (χ1) is 10.9. The van der Waals surface area contributed by atoms with Gasteiger partial charge in [0.15, 0.2) is 0 Å². The second-order valence-corrected chi connectivity index (χ2v) is 7.12. The molecule has 6 heteroatoms. The molecule has 0 bridgehead atoms. The summed E-state index contributed by atoms with van der Waals surface area (Å²) in [6, 6.07) is 1.97. The molecule has 6 nitrogen and oxygen atoms in total.